The summed E-state index contributed by atoms with van der Waals surface area (Å²) in [6, 6.07) is 2.22. The van der Waals surface area contributed by atoms with Gasteiger partial charge in [0.2, 0.25) is 0 Å². The van der Waals surface area contributed by atoms with E-state index in [9.17, 15) is 0 Å². The van der Waals surface area contributed by atoms with Crippen molar-refractivity contribution in [2.24, 2.45) is 0 Å². The average Bonchev–Trinajstić information content (AvgIpc) is 2.47. The molecule has 0 saturated carbocycles. The first kappa shape index (κ1) is 11.3. The Kier molecular flexibility index (Phi) is 4.17. The third-order valence-electron chi connectivity index (χ3n) is 2.44. The Morgan fingerprint density at radius 3 is 2.64 bits per heavy atom. The highest BCUT2D eigenvalue weighted by Crippen LogP contribution is 2.13. The molecule has 0 radical (unpaired) electrons. The SMILES string of the molecule is CCC(CO)NCc1cc(C)oc1C. The molecular weight excluding hydrogens is 178 g/mol. The van der Waals surface area contributed by atoms with E-state index in [0.29, 0.717) is 0 Å². The lowest BCUT2D eigenvalue weighted by Crippen LogP contribution is -2.31. The van der Waals surface area contributed by atoms with Gasteiger partial charge in [0.1, 0.15) is 11.5 Å². The molecule has 80 valence electrons. The normalized spacial score (nSPS) is 13.1. The fourth-order valence-electron chi connectivity index (χ4n) is 1.45. The predicted molar refractivity (Wildman–Crippen MR) is 56.2 cm³/mol. The van der Waals surface area contributed by atoms with E-state index in [2.05, 4.69) is 12.2 Å². The van der Waals surface area contributed by atoms with Gasteiger partial charge in [0, 0.05) is 18.2 Å². The topological polar surface area (TPSA) is 45.4 Å². The van der Waals surface area contributed by atoms with Crippen LogP contribution in [0, 0.1) is 13.8 Å². The Morgan fingerprint density at radius 2 is 2.21 bits per heavy atom. The molecule has 1 aromatic heterocycles. The predicted octanol–water partition coefficient (Wildman–Crippen LogP) is 1.76. The smallest absolute Gasteiger partial charge is 0.105 e. The van der Waals surface area contributed by atoms with Crippen LogP contribution in [0.3, 0.4) is 0 Å². The second-order valence-corrected chi connectivity index (χ2v) is 3.61. The third-order valence-corrected chi connectivity index (χ3v) is 2.44. The lowest BCUT2D eigenvalue weighted by molar-refractivity contribution is 0.238. The van der Waals surface area contributed by atoms with Crippen LogP contribution in [0.5, 0.6) is 0 Å². The van der Waals surface area contributed by atoms with Crippen LogP contribution in [-0.2, 0) is 6.54 Å². The van der Waals surface area contributed by atoms with Crippen LogP contribution < -0.4 is 5.32 Å². The van der Waals surface area contributed by atoms with Crippen LogP contribution in [0.1, 0.15) is 30.4 Å². The molecular formula is C11H19NO2. The van der Waals surface area contributed by atoms with Crippen LogP contribution in [0.4, 0.5) is 0 Å². The summed E-state index contributed by atoms with van der Waals surface area (Å²) in [5.41, 5.74) is 1.18. The van der Waals surface area contributed by atoms with Crippen LogP contribution in [-0.4, -0.2) is 17.8 Å². The lowest BCUT2D eigenvalue weighted by atomic mass is 10.2. The van der Waals surface area contributed by atoms with Crippen LogP contribution in [0.25, 0.3) is 0 Å². The fourth-order valence-corrected chi connectivity index (χ4v) is 1.45. The molecule has 1 rings (SSSR count). The highest BCUT2D eigenvalue weighted by atomic mass is 16.3. The molecule has 0 saturated heterocycles. The summed E-state index contributed by atoms with van der Waals surface area (Å²) in [6.07, 6.45) is 0.937. The van der Waals surface area contributed by atoms with Gasteiger partial charge in [-0.2, -0.15) is 0 Å². The van der Waals surface area contributed by atoms with Gasteiger partial charge in [0.15, 0.2) is 0 Å². The molecule has 0 bridgehead atoms. The molecule has 0 aliphatic heterocycles. The summed E-state index contributed by atoms with van der Waals surface area (Å²) < 4.78 is 5.41. The molecule has 2 N–H and O–H groups in total. The van der Waals surface area contributed by atoms with Gasteiger partial charge in [0.25, 0.3) is 0 Å². The minimum Gasteiger partial charge on any atom is -0.466 e. The maximum atomic E-state index is 8.99. The molecule has 3 heteroatoms. The maximum absolute atomic E-state index is 8.99. The highest BCUT2D eigenvalue weighted by Gasteiger charge is 2.07. The standard InChI is InChI=1S/C11H19NO2/c1-4-11(7-13)12-6-10-5-8(2)14-9(10)3/h5,11-13H,4,6-7H2,1-3H3. The molecule has 0 aromatic carbocycles. The van der Waals surface area contributed by atoms with Crippen molar-refractivity contribution < 1.29 is 9.52 Å². The third kappa shape index (κ3) is 2.86. The number of aryl methyl sites for hydroxylation is 2. The van der Waals surface area contributed by atoms with Crippen LogP contribution in [0.15, 0.2) is 10.5 Å². The van der Waals surface area contributed by atoms with Gasteiger partial charge in [-0.15, -0.1) is 0 Å². The molecule has 3 nitrogen and oxygen atoms in total. The molecule has 0 spiro atoms. The minimum atomic E-state index is 0.185. The van der Waals surface area contributed by atoms with Crippen LogP contribution >= 0.6 is 0 Å². The Labute approximate surface area is 85.1 Å². The van der Waals surface area contributed by atoms with E-state index in [-0.39, 0.29) is 12.6 Å². The van der Waals surface area contributed by atoms with E-state index >= 15 is 0 Å². The molecule has 0 amide bonds. The van der Waals surface area contributed by atoms with Crippen molar-refractivity contribution in [1.82, 2.24) is 5.32 Å². The number of nitrogens with one attached hydrogen (secondary N) is 1. The molecule has 14 heavy (non-hydrogen) atoms. The van der Waals surface area contributed by atoms with Crippen molar-refractivity contribution in [3.05, 3.63) is 23.2 Å². The monoisotopic (exact) mass is 197 g/mol. The maximum Gasteiger partial charge on any atom is 0.105 e. The zero-order valence-electron chi connectivity index (χ0n) is 9.13. The molecule has 0 fully saturated rings. The molecule has 1 heterocycles. The van der Waals surface area contributed by atoms with Crippen molar-refractivity contribution in [2.45, 2.75) is 39.8 Å². The Morgan fingerprint density at radius 1 is 1.50 bits per heavy atom. The molecule has 1 atom stereocenters. The van der Waals surface area contributed by atoms with Crippen molar-refractivity contribution >= 4 is 0 Å². The quantitative estimate of drug-likeness (QED) is 0.756. The fraction of sp³-hybridized carbons (Fsp3) is 0.636. The number of hydrogen-bond acceptors (Lipinski definition) is 3. The van der Waals surface area contributed by atoms with Gasteiger partial charge in [0.05, 0.1) is 6.61 Å². The molecule has 1 unspecified atom stereocenters. The van der Waals surface area contributed by atoms with Gasteiger partial charge in [-0.1, -0.05) is 6.92 Å². The van der Waals surface area contributed by atoms with Crippen molar-refractivity contribution in [1.29, 1.82) is 0 Å². The van der Waals surface area contributed by atoms with E-state index in [1.807, 2.05) is 19.9 Å². The van der Waals surface area contributed by atoms with E-state index in [0.717, 1.165) is 24.5 Å². The van der Waals surface area contributed by atoms with Gasteiger partial charge in [-0.05, 0) is 26.3 Å². The largest absolute Gasteiger partial charge is 0.466 e. The zero-order valence-corrected chi connectivity index (χ0v) is 9.13. The summed E-state index contributed by atoms with van der Waals surface area (Å²) in [6.45, 7) is 6.92. The second-order valence-electron chi connectivity index (χ2n) is 3.61. The van der Waals surface area contributed by atoms with Gasteiger partial charge in [-0.3, -0.25) is 0 Å². The second kappa shape index (κ2) is 5.17. The Hall–Kier alpha value is -0.800. The van der Waals surface area contributed by atoms with Crippen LogP contribution in [0.2, 0.25) is 0 Å². The lowest BCUT2D eigenvalue weighted by Gasteiger charge is -2.12. The Balaban J connectivity index is 2.48. The molecule has 0 aliphatic rings. The highest BCUT2D eigenvalue weighted by molar-refractivity contribution is 5.19. The minimum absolute atomic E-state index is 0.185. The van der Waals surface area contributed by atoms with Gasteiger partial charge < -0.3 is 14.8 Å². The first-order valence-corrected chi connectivity index (χ1v) is 5.07. The Bertz CT molecular complexity index is 277. The number of aliphatic hydroxyl groups is 1. The summed E-state index contributed by atoms with van der Waals surface area (Å²) in [4.78, 5) is 0. The first-order valence-electron chi connectivity index (χ1n) is 5.07. The number of aliphatic hydroxyl groups excluding tert-OH is 1. The van der Waals surface area contributed by atoms with Crippen molar-refractivity contribution in [3.8, 4) is 0 Å². The number of hydrogen-bond donors (Lipinski definition) is 2. The van der Waals surface area contributed by atoms with Gasteiger partial charge in [-0.25, -0.2) is 0 Å². The summed E-state index contributed by atoms with van der Waals surface area (Å²) >= 11 is 0. The van der Waals surface area contributed by atoms with Gasteiger partial charge >= 0.3 is 0 Å². The summed E-state index contributed by atoms with van der Waals surface area (Å²) in [7, 11) is 0. The van der Waals surface area contributed by atoms with E-state index in [1.165, 1.54) is 5.56 Å². The number of furan rings is 1. The average molecular weight is 197 g/mol. The number of rotatable bonds is 5. The molecule has 1 aromatic rings. The zero-order chi connectivity index (χ0) is 10.6. The van der Waals surface area contributed by atoms with Crippen molar-refractivity contribution in [2.75, 3.05) is 6.61 Å². The van der Waals surface area contributed by atoms with E-state index in [1.54, 1.807) is 0 Å². The summed E-state index contributed by atoms with van der Waals surface area (Å²) in [5.74, 6) is 1.90. The van der Waals surface area contributed by atoms with E-state index < -0.39 is 0 Å². The van der Waals surface area contributed by atoms with Crippen molar-refractivity contribution in [3.63, 3.8) is 0 Å². The summed E-state index contributed by atoms with van der Waals surface area (Å²) in [5, 5.41) is 12.3. The molecule has 0 aliphatic carbocycles. The van der Waals surface area contributed by atoms with E-state index in [4.69, 9.17) is 9.52 Å². The first-order chi connectivity index (χ1) is 6.67.